The van der Waals surface area contributed by atoms with E-state index in [-0.39, 0.29) is 30.0 Å². The first kappa shape index (κ1) is 23.4. The average Bonchev–Trinajstić information content (AvgIpc) is 2.62. The molecular weight excluding hydrogens is 456 g/mol. The molecular formula is C17H15F6N3O6. The molecule has 32 heavy (non-hydrogen) atoms. The summed E-state index contributed by atoms with van der Waals surface area (Å²) in [5.41, 5.74) is -1.33. The fourth-order valence-corrected chi connectivity index (χ4v) is 2.83. The zero-order chi connectivity index (χ0) is 23.7. The van der Waals surface area contributed by atoms with E-state index < -0.39 is 48.8 Å². The van der Waals surface area contributed by atoms with Gasteiger partial charge in [-0.2, -0.15) is 13.2 Å². The van der Waals surface area contributed by atoms with Gasteiger partial charge in [-0.15, -0.1) is 13.2 Å². The van der Waals surface area contributed by atoms with Crippen LogP contribution in [-0.2, 0) is 14.4 Å². The van der Waals surface area contributed by atoms with E-state index in [1.165, 1.54) is 11.9 Å². The van der Waals surface area contributed by atoms with Crippen LogP contribution in [0.4, 0.5) is 26.3 Å². The first-order valence-electron chi connectivity index (χ1n) is 8.82. The molecule has 9 nitrogen and oxygen atoms in total. The Morgan fingerprint density at radius 1 is 1.25 bits per heavy atom. The van der Waals surface area contributed by atoms with Crippen molar-refractivity contribution in [2.24, 2.45) is 10.5 Å². The maximum absolute atomic E-state index is 13.5. The first-order chi connectivity index (χ1) is 14.8. The van der Waals surface area contributed by atoms with Crippen LogP contribution in [0.25, 0.3) is 6.08 Å². The molecule has 2 aliphatic heterocycles. The van der Waals surface area contributed by atoms with E-state index in [1.807, 2.05) is 0 Å². The van der Waals surface area contributed by atoms with Crippen LogP contribution in [0.3, 0.4) is 0 Å². The predicted octanol–water partition coefficient (Wildman–Crippen LogP) is 3.08. The van der Waals surface area contributed by atoms with Crippen LogP contribution >= 0.6 is 0 Å². The Bertz CT molecular complexity index is 927. The lowest BCUT2D eigenvalue weighted by Gasteiger charge is -2.31. The Morgan fingerprint density at radius 3 is 2.53 bits per heavy atom. The number of hydrogen-bond acceptors (Lipinski definition) is 8. The van der Waals surface area contributed by atoms with Crippen molar-refractivity contribution in [2.75, 3.05) is 19.9 Å². The largest absolute Gasteiger partial charge is 0.573 e. The van der Waals surface area contributed by atoms with E-state index in [2.05, 4.69) is 24.8 Å². The van der Waals surface area contributed by atoms with Gasteiger partial charge < -0.3 is 24.2 Å². The van der Waals surface area contributed by atoms with E-state index >= 15 is 0 Å². The van der Waals surface area contributed by atoms with Crippen molar-refractivity contribution in [3.05, 3.63) is 28.8 Å². The number of alkyl halides is 6. The molecule has 0 saturated carbocycles. The fourth-order valence-electron chi connectivity index (χ4n) is 2.83. The van der Waals surface area contributed by atoms with Gasteiger partial charge in [-0.3, -0.25) is 5.01 Å². The van der Waals surface area contributed by atoms with E-state index in [4.69, 9.17) is 9.84 Å². The second-order valence-corrected chi connectivity index (χ2v) is 6.72. The quantitative estimate of drug-likeness (QED) is 0.170. The molecule has 0 radical (unpaired) electrons. The number of nitrogens with zero attached hydrogens (tertiary/aromatic N) is 3. The van der Waals surface area contributed by atoms with Gasteiger partial charge in [0.2, 0.25) is 6.10 Å². The molecule has 1 atom stereocenters. The molecule has 1 fully saturated rings. The highest BCUT2D eigenvalue weighted by Gasteiger charge is 2.49. The second kappa shape index (κ2) is 8.72. The lowest BCUT2D eigenvalue weighted by atomic mass is 9.99. The van der Waals surface area contributed by atoms with Crippen LogP contribution in [0.1, 0.15) is 11.1 Å². The maximum atomic E-state index is 13.5. The third kappa shape index (κ3) is 5.72. The first-order valence-corrected chi connectivity index (χ1v) is 8.82. The van der Waals surface area contributed by atoms with Gasteiger partial charge in [-0.1, -0.05) is 0 Å². The monoisotopic (exact) mass is 471 g/mol. The number of carbonyl (C=O) groups excluding carboxylic acids is 1. The second-order valence-electron chi connectivity index (χ2n) is 6.72. The topological polar surface area (TPSA) is 102 Å². The number of aryl methyl sites for hydroxylation is 1. The standard InChI is InChI=1S/C17H15F6N3O6/c1-8-2-11(32-17(21,22)23)3-9-4-12(14(16(18,19)20)31-13(8)9)15(28)29-7-30-25-24-26-5-10(27)6-26/h2-4,10,14,27H,5-7H2,1H3. The molecule has 1 aromatic rings. The number of hydrogen-bond donors (Lipinski definition) is 1. The minimum absolute atomic E-state index is 0.0699. The molecule has 0 aliphatic carbocycles. The van der Waals surface area contributed by atoms with Gasteiger partial charge in [-0.25, -0.2) is 4.79 Å². The fraction of sp³-hybridized carbons (Fsp3) is 0.471. The van der Waals surface area contributed by atoms with Crippen LogP contribution in [-0.4, -0.2) is 60.7 Å². The SMILES string of the molecule is Cc1cc(OC(F)(F)F)cc2c1OC(C(F)(F)F)C(C(=O)OCON=NN1CC(O)C1)=C2. The summed E-state index contributed by atoms with van der Waals surface area (Å²) in [6.07, 6.45) is -12.6. The highest BCUT2D eigenvalue weighted by atomic mass is 19.4. The molecule has 1 unspecified atom stereocenters. The number of rotatable bonds is 6. The zero-order valence-corrected chi connectivity index (χ0v) is 16.1. The lowest BCUT2D eigenvalue weighted by Crippen LogP contribution is -2.47. The third-order valence-corrected chi connectivity index (χ3v) is 4.18. The summed E-state index contributed by atoms with van der Waals surface area (Å²) in [6, 6.07) is 1.63. The molecule has 176 valence electrons. The summed E-state index contributed by atoms with van der Waals surface area (Å²) in [4.78, 5) is 16.7. The molecule has 0 spiro atoms. The number of benzene rings is 1. The molecule has 0 amide bonds. The van der Waals surface area contributed by atoms with Crippen molar-refractivity contribution < 1.29 is 55.3 Å². The summed E-state index contributed by atoms with van der Waals surface area (Å²) < 4.78 is 91.1. The number of esters is 1. The molecule has 0 aromatic heterocycles. The number of ether oxygens (including phenoxy) is 3. The van der Waals surface area contributed by atoms with Crippen molar-refractivity contribution in [3.63, 3.8) is 0 Å². The Morgan fingerprint density at radius 2 is 1.94 bits per heavy atom. The molecule has 1 N–H and O–H groups in total. The van der Waals surface area contributed by atoms with Gasteiger partial charge in [-0.05, 0) is 35.9 Å². The highest BCUT2D eigenvalue weighted by Crippen LogP contribution is 2.41. The molecule has 15 heteroatoms. The minimum atomic E-state index is -5.03. The molecule has 2 heterocycles. The number of fused-ring (bicyclic) bond motifs is 1. The van der Waals surface area contributed by atoms with Crippen molar-refractivity contribution >= 4 is 12.0 Å². The Labute approximate surface area is 175 Å². The normalized spacial score (nSPS) is 19.1. The van der Waals surface area contributed by atoms with Gasteiger partial charge in [0.15, 0.2) is 0 Å². The molecule has 1 aromatic carbocycles. The van der Waals surface area contributed by atoms with E-state index in [0.717, 1.165) is 12.1 Å². The maximum Gasteiger partial charge on any atom is 0.573 e. The van der Waals surface area contributed by atoms with Gasteiger partial charge in [0.25, 0.3) is 6.79 Å². The van der Waals surface area contributed by atoms with Gasteiger partial charge in [0, 0.05) is 10.8 Å². The Balaban J connectivity index is 1.76. The minimum Gasteiger partial charge on any atom is -0.475 e. The number of aliphatic hydroxyl groups is 1. The lowest BCUT2D eigenvalue weighted by molar-refractivity contribution is -0.274. The number of aliphatic hydroxyl groups excluding tert-OH is 1. The zero-order valence-electron chi connectivity index (χ0n) is 16.1. The van der Waals surface area contributed by atoms with Crippen LogP contribution in [0.2, 0.25) is 0 Å². The summed E-state index contributed by atoms with van der Waals surface area (Å²) in [7, 11) is 0. The molecule has 0 bridgehead atoms. The Kier molecular flexibility index (Phi) is 6.39. The van der Waals surface area contributed by atoms with Crippen LogP contribution in [0, 0.1) is 6.92 Å². The summed E-state index contributed by atoms with van der Waals surface area (Å²) in [5, 5.41) is 17.0. The van der Waals surface area contributed by atoms with Crippen molar-refractivity contribution in [2.45, 2.75) is 31.7 Å². The Hall–Kier alpha value is -3.23. The molecule has 3 rings (SSSR count). The third-order valence-electron chi connectivity index (χ3n) is 4.18. The van der Waals surface area contributed by atoms with Crippen molar-refractivity contribution in [3.8, 4) is 11.5 Å². The van der Waals surface area contributed by atoms with Gasteiger partial charge >= 0.3 is 18.5 Å². The smallest absolute Gasteiger partial charge is 0.475 e. The van der Waals surface area contributed by atoms with E-state index in [9.17, 15) is 31.1 Å². The molecule has 1 saturated heterocycles. The van der Waals surface area contributed by atoms with E-state index in [0.29, 0.717) is 6.08 Å². The van der Waals surface area contributed by atoms with Gasteiger partial charge in [0.05, 0.1) is 24.8 Å². The molecule has 2 aliphatic rings. The predicted molar refractivity (Wildman–Crippen MR) is 90.8 cm³/mol. The van der Waals surface area contributed by atoms with Crippen LogP contribution < -0.4 is 9.47 Å². The number of β-amino-alcohol motifs (C(OH)–C–C–N with tert-alkyl or cyclic N) is 1. The summed E-state index contributed by atoms with van der Waals surface area (Å²) >= 11 is 0. The number of halogens is 6. The van der Waals surface area contributed by atoms with Crippen molar-refractivity contribution in [1.29, 1.82) is 0 Å². The average molecular weight is 471 g/mol. The summed E-state index contributed by atoms with van der Waals surface area (Å²) in [5.74, 6) is -2.56. The summed E-state index contributed by atoms with van der Waals surface area (Å²) in [6.45, 7) is 0.748. The highest BCUT2D eigenvalue weighted by molar-refractivity contribution is 5.96. The van der Waals surface area contributed by atoms with Gasteiger partial charge in [0.1, 0.15) is 11.5 Å². The van der Waals surface area contributed by atoms with Crippen LogP contribution in [0.5, 0.6) is 11.5 Å². The van der Waals surface area contributed by atoms with E-state index in [1.54, 1.807) is 0 Å². The van der Waals surface area contributed by atoms with Crippen molar-refractivity contribution in [1.82, 2.24) is 5.01 Å². The van der Waals surface area contributed by atoms with Crippen LogP contribution in [0.15, 0.2) is 28.2 Å². The number of carbonyl (C=O) groups is 1.